The van der Waals surface area contributed by atoms with E-state index in [1.807, 2.05) is 30.3 Å². The molecule has 3 rings (SSSR count). The topological polar surface area (TPSA) is 59.6 Å². The standard InChI is InChI=1S/C21H26ClN3O.HI/c1-2-16-6-8-19(9-7-16)25-20(23)24-15-21(10-12-26-13-11-21)17-4-3-5-18(22)14-17;/h3-9,14H,2,10-13,15H2,1H3,(H3,23,24,25);1H. The first-order valence-corrected chi connectivity index (χ1v) is 9.49. The Morgan fingerprint density at radius 3 is 2.52 bits per heavy atom. The Morgan fingerprint density at radius 1 is 1.19 bits per heavy atom. The average Bonchev–Trinajstić information content (AvgIpc) is 2.68. The molecular formula is C21H27ClIN3O. The lowest BCUT2D eigenvalue weighted by Gasteiger charge is -2.36. The molecule has 0 atom stereocenters. The summed E-state index contributed by atoms with van der Waals surface area (Å²) in [5.74, 6) is 0.433. The molecule has 1 saturated heterocycles. The number of nitrogens with zero attached hydrogens (tertiary/aromatic N) is 1. The van der Waals surface area contributed by atoms with Crippen molar-refractivity contribution >= 4 is 47.2 Å². The van der Waals surface area contributed by atoms with Gasteiger partial charge >= 0.3 is 0 Å². The molecule has 0 radical (unpaired) electrons. The van der Waals surface area contributed by atoms with Crippen LogP contribution in [0.1, 0.15) is 30.9 Å². The number of hydrogen-bond donors (Lipinski definition) is 2. The van der Waals surface area contributed by atoms with E-state index in [-0.39, 0.29) is 29.4 Å². The van der Waals surface area contributed by atoms with E-state index >= 15 is 0 Å². The first kappa shape index (κ1) is 22.0. The van der Waals surface area contributed by atoms with Crippen LogP contribution in [0.25, 0.3) is 0 Å². The molecule has 0 amide bonds. The summed E-state index contributed by atoms with van der Waals surface area (Å²) in [6.45, 7) is 4.21. The number of guanidine groups is 1. The second-order valence-electron chi connectivity index (χ2n) is 6.78. The molecule has 3 N–H and O–H groups in total. The second kappa shape index (κ2) is 10.3. The predicted molar refractivity (Wildman–Crippen MR) is 125 cm³/mol. The van der Waals surface area contributed by atoms with Crippen LogP contribution in [0.4, 0.5) is 5.69 Å². The molecule has 0 aromatic heterocycles. The van der Waals surface area contributed by atoms with Crippen molar-refractivity contribution in [3.05, 3.63) is 64.7 Å². The van der Waals surface area contributed by atoms with E-state index < -0.39 is 0 Å². The molecule has 1 aliphatic heterocycles. The Hall–Kier alpha value is -1.31. The summed E-state index contributed by atoms with van der Waals surface area (Å²) in [5.41, 5.74) is 9.52. The summed E-state index contributed by atoms with van der Waals surface area (Å²) in [7, 11) is 0. The highest BCUT2D eigenvalue weighted by atomic mass is 127. The van der Waals surface area contributed by atoms with Gasteiger partial charge in [-0.3, -0.25) is 4.99 Å². The Morgan fingerprint density at radius 2 is 1.89 bits per heavy atom. The van der Waals surface area contributed by atoms with Gasteiger partial charge < -0.3 is 15.8 Å². The van der Waals surface area contributed by atoms with Gasteiger partial charge in [-0.15, -0.1) is 24.0 Å². The zero-order valence-electron chi connectivity index (χ0n) is 15.6. The summed E-state index contributed by atoms with van der Waals surface area (Å²) in [6.07, 6.45) is 2.85. The first-order valence-electron chi connectivity index (χ1n) is 9.11. The smallest absolute Gasteiger partial charge is 0.193 e. The Balaban J connectivity index is 0.00000261. The fourth-order valence-corrected chi connectivity index (χ4v) is 3.56. The van der Waals surface area contributed by atoms with Crippen LogP contribution >= 0.6 is 35.6 Å². The van der Waals surface area contributed by atoms with E-state index in [1.165, 1.54) is 11.1 Å². The normalized spacial score (nSPS) is 16.4. The maximum atomic E-state index is 6.22. The number of halogens is 2. The number of nitrogens with one attached hydrogen (secondary N) is 1. The van der Waals surface area contributed by atoms with Crippen molar-refractivity contribution in [2.24, 2.45) is 10.7 Å². The van der Waals surface area contributed by atoms with Crippen LogP contribution in [0.5, 0.6) is 0 Å². The highest BCUT2D eigenvalue weighted by Crippen LogP contribution is 2.36. The van der Waals surface area contributed by atoms with E-state index in [4.69, 9.17) is 22.1 Å². The Bertz CT molecular complexity index is 758. The maximum Gasteiger partial charge on any atom is 0.193 e. The summed E-state index contributed by atoms with van der Waals surface area (Å²) in [5, 5.41) is 3.93. The SMILES string of the molecule is CCc1ccc(NC(N)=NCC2(c3cccc(Cl)c3)CCOCC2)cc1.I. The van der Waals surface area contributed by atoms with Gasteiger partial charge in [0.2, 0.25) is 0 Å². The summed E-state index contributed by atoms with van der Waals surface area (Å²) >= 11 is 6.22. The van der Waals surface area contributed by atoms with Gasteiger partial charge in [0, 0.05) is 29.3 Å². The van der Waals surface area contributed by atoms with Crippen molar-refractivity contribution in [2.45, 2.75) is 31.6 Å². The highest BCUT2D eigenvalue weighted by molar-refractivity contribution is 14.0. The van der Waals surface area contributed by atoms with Crippen molar-refractivity contribution in [1.29, 1.82) is 0 Å². The fourth-order valence-electron chi connectivity index (χ4n) is 3.37. The van der Waals surface area contributed by atoms with Crippen LogP contribution in [0.3, 0.4) is 0 Å². The number of aliphatic imine (C=N–C) groups is 1. The third-order valence-electron chi connectivity index (χ3n) is 5.07. The third kappa shape index (κ3) is 5.83. The second-order valence-corrected chi connectivity index (χ2v) is 7.22. The van der Waals surface area contributed by atoms with Crippen molar-refractivity contribution < 1.29 is 4.74 Å². The number of benzene rings is 2. The maximum absolute atomic E-state index is 6.22. The number of nitrogens with two attached hydrogens (primary N) is 1. The van der Waals surface area contributed by atoms with Crippen LogP contribution in [-0.4, -0.2) is 25.7 Å². The predicted octanol–water partition coefficient (Wildman–Crippen LogP) is 5.00. The highest BCUT2D eigenvalue weighted by Gasteiger charge is 2.34. The molecule has 0 saturated carbocycles. The van der Waals surface area contributed by atoms with E-state index in [1.54, 1.807) is 0 Å². The fraction of sp³-hybridized carbons (Fsp3) is 0.381. The molecule has 1 heterocycles. The molecule has 1 fully saturated rings. The molecule has 4 nitrogen and oxygen atoms in total. The molecule has 1 aliphatic rings. The van der Waals surface area contributed by atoms with Crippen LogP contribution in [-0.2, 0) is 16.6 Å². The number of hydrogen-bond acceptors (Lipinski definition) is 2. The van der Waals surface area contributed by atoms with Crippen molar-refractivity contribution in [1.82, 2.24) is 0 Å². The van der Waals surface area contributed by atoms with E-state index in [2.05, 4.69) is 35.4 Å². The monoisotopic (exact) mass is 499 g/mol. The minimum atomic E-state index is -0.0818. The zero-order valence-corrected chi connectivity index (χ0v) is 18.7. The molecule has 27 heavy (non-hydrogen) atoms. The van der Waals surface area contributed by atoms with Crippen LogP contribution in [0.15, 0.2) is 53.5 Å². The van der Waals surface area contributed by atoms with Gasteiger partial charge in [0.1, 0.15) is 0 Å². The van der Waals surface area contributed by atoms with Crippen LogP contribution in [0, 0.1) is 0 Å². The lowest BCUT2D eigenvalue weighted by molar-refractivity contribution is 0.0531. The summed E-state index contributed by atoms with van der Waals surface area (Å²) < 4.78 is 5.57. The minimum absolute atomic E-state index is 0. The third-order valence-corrected chi connectivity index (χ3v) is 5.31. The van der Waals surface area contributed by atoms with Gasteiger partial charge in [0.15, 0.2) is 5.96 Å². The zero-order chi connectivity index (χ0) is 18.4. The summed E-state index contributed by atoms with van der Waals surface area (Å²) in [4.78, 5) is 4.65. The molecule has 6 heteroatoms. The molecular weight excluding hydrogens is 473 g/mol. The Kier molecular flexibility index (Phi) is 8.38. The number of anilines is 1. The van der Waals surface area contributed by atoms with Gasteiger partial charge in [-0.25, -0.2) is 0 Å². The van der Waals surface area contributed by atoms with Crippen LogP contribution < -0.4 is 11.1 Å². The van der Waals surface area contributed by atoms with Gasteiger partial charge in [-0.1, -0.05) is 42.8 Å². The van der Waals surface area contributed by atoms with E-state index in [0.29, 0.717) is 12.5 Å². The van der Waals surface area contributed by atoms with Gasteiger partial charge in [0.05, 0.1) is 6.54 Å². The molecule has 0 spiro atoms. The van der Waals surface area contributed by atoms with Gasteiger partial charge in [0.25, 0.3) is 0 Å². The van der Waals surface area contributed by atoms with Crippen molar-refractivity contribution in [3.63, 3.8) is 0 Å². The van der Waals surface area contributed by atoms with Crippen molar-refractivity contribution in [3.8, 4) is 0 Å². The Labute approximate surface area is 183 Å². The lowest BCUT2D eigenvalue weighted by Crippen LogP contribution is -2.38. The van der Waals surface area contributed by atoms with E-state index in [9.17, 15) is 0 Å². The summed E-state index contributed by atoms with van der Waals surface area (Å²) in [6, 6.07) is 16.3. The lowest BCUT2D eigenvalue weighted by atomic mass is 9.74. The van der Waals surface area contributed by atoms with Gasteiger partial charge in [-0.05, 0) is 54.7 Å². The molecule has 2 aromatic carbocycles. The molecule has 0 bridgehead atoms. The number of aryl methyl sites for hydroxylation is 1. The van der Waals surface area contributed by atoms with Gasteiger partial charge in [-0.2, -0.15) is 0 Å². The van der Waals surface area contributed by atoms with E-state index in [0.717, 1.165) is 43.2 Å². The number of rotatable bonds is 5. The molecule has 2 aromatic rings. The number of ether oxygens (including phenoxy) is 1. The minimum Gasteiger partial charge on any atom is -0.381 e. The molecule has 146 valence electrons. The largest absolute Gasteiger partial charge is 0.381 e. The molecule has 0 unspecified atom stereocenters. The van der Waals surface area contributed by atoms with Crippen molar-refractivity contribution in [2.75, 3.05) is 25.1 Å². The quantitative estimate of drug-likeness (QED) is 0.346. The van der Waals surface area contributed by atoms with Crippen LogP contribution in [0.2, 0.25) is 5.02 Å². The first-order chi connectivity index (χ1) is 12.6. The molecule has 0 aliphatic carbocycles. The average molecular weight is 500 g/mol.